The molecule has 0 radical (unpaired) electrons. The van der Waals surface area contributed by atoms with Crippen LogP contribution in [-0.4, -0.2) is 30.4 Å². The third-order valence-electron chi connectivity index (χ3n) is 2.47. The zero-order chi connectivity index (χ0) is 15.9. The van der Waals surface area contributed by atoms with E-state index in [1.54, 1.807) is 0 Å². The molecule has 0 heterocycles. The molecule has 0 atom stereocenters. The standard InChI is InChI=1S/C14H19F3N2OS/c1-10(2)18-7-11-4-3-5-12(6-11)21-8-13(20)19-9-14(15,16)17/h3-6,10,18H,7-9H2,1-2H3,(H,19,20). The Bertz CT molecular complexity index is 464. The second-order valence-corrected chi connectivity index (χ2v) is 5.91. The topological polar surface area (TPSA) is 41.1 Å². The number of alkyl halides is 3. The maximum Gasteiger partial charge on any atom is 0.405 e. The maximum absolute atomic E-state index is 12.0. The number of carbonyl (C=O) groups is 1. The average molecular weight is 320 g/mol. The number of rotatable bonds is 7. The van der Waals surface area contributed by atoms with Crippen molar-refractivity contribution in [1.29, 1.82) is 0 Å². The van der Waals surface area contributed by atoms with E-state index in [1.807, 2.05) is 43.4 Å². The van der Waals surface area contributed by atoms with Gasteiger partial charge in [0.25, 0.3) is 0 Å². The van der Waals surface area contributed by atoms with Gasteiger partial charge in [0.1, 0.15) is 6.54 Å². The van der Waals surface area contributed by atoms with Gasteiger partial charge < -0.3 is 10.6 Å². The molecule has 7 heteroatoms. The van der Waals surface area contributed by atoms with Crippen molar-refractivity contribution in [3.05, 3.63) is 29.8 Å². The quantitative estimate of drug-likeness (QED) is 0.759. The van der Waals surface area contributed by atoms with Crippen LogP contribution >= 0.6 is 11.8 Å². The van der Waals surface area contributed by atoms with Gasteiger partial charge in [-0.25, -0.2) is 0 Å². The molecule has 1 rings (SSSR count). The van der Waals surface area contributed by atoms with Crippen molar-refractivity contribution in [1.82, 2.24) is 10.6 Å². The van der Waals surface area contributed by atoms with Gasteiger partial charge in [0.2, 0.25) is 5.91 Å². The lowest BCUT2D eigenvalue weighted by atomic mass is 10.2. The first kappa shape index (κ1) is 17.8. The summed E-state index contributed by atoms with van der Waals surface area (Å²) in [5.41, 5.74) is 1.07. The Morgan fingerprint density at radius 1 is 1.33 bits per heavy atom. The van der Waals surface area contributed by atoms with Gasteiger partial charge in [-0.15, -0.1) is 11.8 Å². The van der Waals surface area contributed by atoms with E-state index < -0.39 is 18.6 Å². The smallest absolute Gasteiger partial charge is 0.346 e. The van der Waals surface area contributed by atoms with Crippen LogP contribution in [0.15, 0.2) is 29.2 Å². The minimum Gasteiger partial charge on any atom is -0.346 e. The first-order valence-corrected chi connectivity index (χ1v) is 7.53. The summed E-state index contributed by atoms with van der Waals surface area (Å²) in [5.74, 6) is -0.653. The molecule has 1 aromatic rings. The fraction of sp³-hybridized carbons (Fsp3) is 0.500. The Labute approximate surface area is 126 Å². The van der Waals surface area contributed by atoms with Gasteiger partial charge in [-0.2, -0.15) is 13.2 Å². The van der Waals surface area contributed by atoms with E-state index in [-0.39, 0.29) is 5.75 Å². The molecule has 3 nitrogen and oxygen atoms in total. The molecule has 0 fully saturated rings. The van der Waals surface area contributed by atoms with Crippen LogP contribution in [0.3, 0.4) is 0 Å². The molecule has 0 saturated heterocycles. The summed E-state index contributed by atoms with van der Waals surface area (Å²) >= 11 is 1.22. The van der Waals surface area contributed by atoms with E-state index >= 15 is 0 Å². The third-order valence-corrected chi connectivity index (χ3v) is 3.46. The van der Waals surface area contributed by atoms with Gasteiger partial charge in [-0.3, -0.25) is 4.79 Å². The first-order valence-electron chi connectivity index (χ1n) is 6.55. The van der Waals surface area contributed by atoms with Crippen LogP contribution in [0.5, 0.6) is 0 Å². The molecule has 2 N–H and O–H groups in total. The van der Waals surface area contributed by atoms with Crippen molar-refractivity contribution in [2.45, 2.75) is 37.5 Å². The lowest BCUT2D eigenvalue weighted by Gasteiger charge is -2.10. The molecule has 0 unspecified atom stereocenters. The van der Waals surface area contributed by atoms with E-state index in [2.05, 4.69) is 5.32 Å². The molecular formula is C14H19F3N2OS. The summed E-state index contributed by atoms with van der Waals surface area (Å²) in [4.78, 5) is 12.2. The summed E-state index contributed by atoms with van der Waals surface area (Å²) < 4.78 is 35.9. The van der Waals surface area contributed by atoms with E-state index in [0.717, 1.165) is 10.5 Å². The minimum absolute atomic E-state index is 0.0306. The second kappa shape index (κ2) is 8.29. The van der Waals surface area contributed by atoms with E-state index in [9.17, 15) is 18.0 Å². The molecule has 0 saturated carbocycles. The third kappa shape index (κ3) is 8.62. The van der Waals surface area contributed by atoms with Crippen LogP contribution in [0.1, 0.15) is 19.4 Å². The zero-order valence-electron chi connectivity index (χ0n) is 12.0. The highest BCUT2D eigenvalue weighted by molar-refractivity contribution is 8.00. The monoisotopic (exact) mass is 320 g/mol. The van der Waals surface area contributed by atoms with Crippen molar-refractivity contribution in [3.63, 3.8) is 0 Å². The molecule has 0 aliphatic rings. The van der Waals surface area contributed by atoms with Crippen molar-refractivity contribution in [2.75, 3.05) is 12.3 Å². The first-order chi connectivity index (χ1) is 9.76. The Hall–Kier alpha value is -1.21. The van der Waals surface area contributed by atoms with Gasteiger partial charge in [-0.05, 0) is 17.7 Å². The van der Waals surface area contributed by atoms with Crippen molar-refractivity contribution in [2.24, 2.45) is 0 Å². The highest BCUT2D eigenvalue weighted by atomic mass is 32.2. The lowest BCUT2D eigenvalue weighted by molar-refractivity contribution is -0.136. The molecule has 1 amide bonds. The van der Waals surface area contributed by atoms with Crippen molar-refractivity contribution in [3.8, 4) is 0 Å². The lowest BCUT2D eigenvalue weighted by Crippen LogP contribution is -2.34. The van der Waals surface area contributed by atoms with Crippen LogP contribution in [0.4, 0.5) is 13.2 Å². The summed E-state index contributed by atoms with van der Waals surface area (Å²) in [7, 11) is 0. The highest BCUT2D eigenvalue weighted by Crippen LogP contribution is 2.19. The van der Waals surface area contributed by atoms with Gasteiger partial charge in [-0.1, -0.05) is 26.0 Å². The largest absolute Gasteiger partial charge is 0.405 e. The number of hydrogen-bond donors (Lipinski definition) is 2. The summed E-state index contributed by atoms with van der Waals surface area (Å²) in [6, 6.07) is 7.96. The molecule has 21 heavy (non-hydrogen) atoms. The van der Waals surface area contributed by atoms with E-state index in [4.69, 9.17) is 0 Å². The van der Waals surface area contributed by atoms with Gasteiger partial charge in [0.15, 0.2) is 0 Å². The Kier molecular flexibility index (Phi) is 7.04. The van der Waals surface area contributed by atoms with Crippen LogP contribution in [0, 0.1) is 0 Å². The molecule has 1 aromatic carbocycles. The number of carbonyl (C=O) groups excluding carboxylic acids is 1. The zero-order valence-corrected chi connectivity index (χ0v) is 12.8. The van der Waals surface area contributed by atoms with Crippen LogP contribution in [-0.2, 0) is 11.3 Å². The van der Waals surface area contributed by atoms with Gasteiger partial charge in [0, 0.05) is 17.5 Å². The molecule has 0 aliphatic carbocycles. The molecule has 0 spiro atoms. The average Bonchev–Trinajstić information content (AvgIpc) is 2.40. The molecule has 118 valence electrons. The number of amides is 1. The van der Waals surface area contributed by atoms with Crippen molar-refractivity contribution >= 4 is 17.7 Å². The van der Waals surface area contributed by atoms with E-state index in [0.29, 0.717) is 12.6 Å². The van der Waals surface area contributed by atoms with Crippen LogP contribution < -0.4 is 10.6 Å². The van der Waals surface area contributed by atoms with Crippen LogP contribution in [0.25, 0.3) is 0 Å². The fourth-order valence-corrected chi connectivity index (χ4v) is 2.28. The van der Waals surface area contributed by atoms with Gasteiger partial charge in [0.05, 0.1) is 5.75 Å². The minimum atomic E-state index is -4.37. The highest BCUT2D eigenvalue weighted by Gasteiger charge is 2.27. The van der Waals surface area contributed by atoms with Crippen LogP contribution in [0.2, 0.25) is 0 Å². The number of benzene rings is 1. The number of hydrogen-bond acceptors (Lipinski definition) is 3. The number of halogens is 3. The molecule has 0 aromatic heterocycles. The van der Waals surface area contributed by atoms with Gasteiger partial charge >= 0.3 is 6.18 Å². The Morgan fingerprint density at radius 2 is 2.05 bits per heavy atom. The van der Waals surface area contributed by atoms with E-state index in [1.165, 1.54) is 11.8 Å². The normalized spacial score (nSPS) is 11.7. The summed E-state index contributed by atoms with van der Waals surface area (Å²) in [5, 5.41) is 5.13. The summed E-state index contributed by atoms with van der Waals surface area (Å²) in [6.45, 7) is 3.52. The molecule has 0 bridgehead atoms. The SMILES string of the molecule is CC(C)NCc1cccc(SCC(=O)NCC(F)(F)F)c1. The predicted octanol–water partition coefficient (Wildman–Crippen LogP) is 2.96. The Balaban J connectivity index is 2.41. The Morgan fingerprint density at radius 3 is 2.67 bits per heavy atom. The maximum atomic E-state index is 12.0. The van der Waals surface area contributed by atoms with Crippen molar-refractivity contribution < 1.29 is 18.0 Å². The second-order valence-electron chi connectivity index (χ2n) is 4.86. The summed E-state index contributed by atoms with van der Waals surface area (Å²) in [6.07, 6.45) is -4.37. The molecular weight excluding hydrogens is 301 g/mol. The fourth-order valence-electron chi connectivity index (χ4n) is 1.47. The number of nitrogens with one attached hydrogen (secondary N) is 2. The molecule has 0 aliphatic heterocycles. The number of thioether (sulfide) groups is 1. The predicted molar refractivity (Wildman–Crippen MR) is 78.2 cm³/mol.